The number of rotatable bonds is 5. The van der Waals surface area contributed by atoms with E-state index in [1.807, 2.05) is 19.2 Å². The summed E-state index contributed by atoms with van der Waals surface area (Å²) in [5.41, 5.74) is 1.19. The van der Waals surface area contributed by atoms with Crippen LogP contribution < -0.4 is 5.32 Å². The first-order chi connectivity index (χ1) is 8.11. The number of nitrogens with one attached hydrogen (secondary N) is 1. The maximum Gasteiger partial charge on any atom is 0.137 e. The van der Waals surface area contributed by atoms with Gasteiger partial charge in [-0.3, -0.25) is 0 Å². The molecule has 1 aromatic carbocycles. The minimum atomic E-state index is -0.190. The minimum Gasteiger partial charge on any atom is -0.316 e. The fourth-order valence-electron chi connectivity index (χ4n) is 2.42. The first-order valence-electron chi connectivity index (χ1n) is 6.23. The molecule has 0 amide bonds. The van der Waals surface area contributed by atoms with Gasteiger partial charge in [0, 0.05) is 6.04 Å². The van der Waals surface area contributed by atoms with Gasteiger partial charge < -0.3 is 5.32 Å². The third kappa shape index (κ3) is 3.29. The van der Waals surface area contributed by atoms with Crippen LogP contribution in [0.15, 0.2) is 22.7 Å². The van der Waals surface area contributed by atoms with E-state index in [9.17, 15) is 4.39 Å². The van der Waals surface area contributed by atoms with Gasteiger partial charge in [-0.1, -0.05) is 13.0 Å². The van der Waals surface area contributed by atoms with Crippen LogP contribution in [0.4, 0.5) is 4.39 Å². The molecule has 2 atom stereocenters. The van der Waals surface area contributed by atoms with E-state index < -0.39 is 0 Å². The molecule has 0 radical (unpaired) electrons. The third-order valence-electron chi connectivity index (χ3n) is 3.81. The summed E-state index contributed by atoms with van der Waals surface area (Å²) in [7, 11) is 2.02. The van der Waals surface area contributed by atoms with Gasteiger partial charge in [0.25, 0.3) is 0 Å². The van der Waals surface area contributed by atoms with Crippen LogP contribution in [0.3, 0.4) is 0 Å². The summed E-state index contributed by atoms with van der Waals surface area (Å²) in [6.07, 6.45) is 3.70. The van der Waals surface area contributed by atoms with Crippen LogP contribution in [0, 0.1) is 17.7 Å². The van der Waals surface area contributed by atoms with Crippen LogP contribution in [0.2, 0.25) is 0 Å². The summed E-state index contributed by atoms with van der Waals surface area (Å²) in [6.45, 7) is 2.32. The molecule has 1 aromatic rings. The second-order valence-electron chi connectivity index (χ2n) is 5.04. The second kappa shape index (κ2) is 5.49. The van der Waals surface area contributed by atoms with Crippen molar-refractivity contribution in [2.24, 2.45) is 11.8 Å². The predicted molar refractivity (Wildman–Crippen MR) is 72.5 cm³/mol. The fraction of sp³-hybridized carbons (Fsp3) is 0.571. The molecule has 3 heteroatoms. The Hall–Kier alpha value is -0.410. The molecule has 0 aliphatic heterocycles. The summed E-state index contributed by atoms with van der Waals surface area (Å²) in [5.74, 6) is 1.39. The summed E-state index contributed by atoms with van der Waals surface area (Å²) >= 11 is 3.24. The van der Waals surface area contributed by atoms with E-state index >= 15 is 0 Å². The van der Waals surface area contributed by atoms with Crippen molar-refractivity contribution >= 4 is 15.9 Å². The predicted octanol–water partition coefficient (Wildman–Crippen LogP) is 3.76. The van der Waals surface area contributed by atoms with E-state index in [-0.39, 0.29) is 5.82 Å². The second-order valence-corrected chi connectivity index (χ2v) is 5.90. The van der Waals surface area contributed by atoms with Crippen LogP contribution in [0.5, 0.6) is 0 Å². The van der Waals surface area contributed by atoms with Crippen LogP contribution in [0.1, 0.15) is 25.3 Å². The van der Waals surface area contributed by atoms with Gasteiger partial charge in [-0.15, -0.1) is 0 Å². The normalized spacial score (nSPS) is 19.1. The Bertz CT molecular complexity index is 390. The van der Waals surface area contributed by atoms with Crippen molar-refractivity contribution in [1.82, 2.24) is 5.32 Å². The monoisotopic (exact) mass is 299 g/mol. The first kappa shape index (κ1) is 13.0. The lowest BCUT2D eigenvalue weighted by atomic mass is 9.91. The maximum absolute atomic E-state index is 13.2. The fourth-order valence-corrected chi connectivity index (χ4v) is 2.85. The highest BCUT2D eigenvalue weighted by Crippen LogP contribution is 2.38. The molecule has 1 aliphatic carbocycles. The van der Waals surface area contributed by atoms with Crippen molar-refractivity contribution in [3.05, 3.63) is 34.1 Å². The smallest absolute Gasteiger partial charge is 0.137 e. The molecule has 1 aliphatic rings. The molecule has 0 spiro atoms. The number of benzene rings is 1. The Balaban J connectivity index is 2.04. The number of likely N-dealkylation sites (N-methyl/N-ethyl adjacent to an activating group) is 1. The van der Waals surface area contributed by atoms with Crippen molar-refractivity contribution < 1.29 is 4.39 Å². The average molecular weight is 300 g/mol. The Morgan fingerprint density at radius 1 is 1.47 bits per heavy atom. The summed E-state index contributed by atoms with van der Waals surface area (Å²) in [4.78, 5) is 0. The minimum absolute atomic E-state index is 0.190. The summed E-state index contributed by atoms with van der Waals surface area (Å²) in [6, 6.07) is 5.79. The van der Waals surface area contributed by atoms with Crippen LogP contribution in [-0.2, 0) is 6.42 Å². The van der Waals surface area contributed by atoms with E-state index in [4.69, 9.17) is 0 Å². The van der Waals surface area contributed by atoms with Gasteiger partial charge in [0.05, 0.1) is 4.47 Å². The van der Waals surface area contributed by atoms with Crippen LogP contribution in [0.25, 0.3) is 0 Å². The quantitative estimate of drug-likeness (QED) is 0.873. The summed E-state index contributed by atoms with van der Waals surface area (Å²) < 4.78 is 13.7. The lowest BCUT2D eigenvalue weighted by molar-refractivity contribution is 0.357. The first-order valence-corrected chi connectivity index (χ1v) is 7.02. The Labute approximate surface area is 111 Å². The number of halogens is 2. The summed E-state index contributed by atoms with van der Waals surface area (Å²) in [5, 5.41) is 3.40. The zero-order valence-corrected chi connectivity index (χ0v) is 11.9. The zero-order valence-electron chi connectivity index (χ0n) is 10.3. The Morgan fingerprint density at radius 3 is 2.71 bits per heavy atom. The van der Waals surface area contributed by atoms with Gasteiger partial charge in [-0.25, -0.2) is 4.39 Å². The van der Waals surface area contributed by atoms with Crippen molar-refractivity contribution in [2.75, 3.05) is 7.05 Å². The lowest BCUT2D eigenvalue weighted by Gasteiger charge is -2.23. The maximum atomic E-state index is 13.2. The van der Waals surface area contributed by atoms with Gasteiger partial charge in [0.2, 0.25) is 0 Å². The zero-order chi connectivity index (χ0) is 12.4. The van der Waals surface area contributed by atoms with Crippen molar-refractivity contribution in [2.45, 2.75) is 32.2 Å². The van der Waals surface area contributed by atoms with Gasteiger partial charge >= 0.3 is 0 Å². The van der Waals surface area contributed by atoms with E-state index in [1.165, 1.54) is 24.5 Å². The third-order valence-corrected chi connectivity index (χ3v) is 4.42. The molecular formula is C14H19BrFN. The molecule has 0 bridgehead atoms. The van der Waals surface area contributed by atoms with Gasteiger partial charge in [-0.05, 0) is 71.8 Å². The van der Waals surface area contributed by atoms with E-state index in [0.29, 0.717) is 16.4 Å². The van der Waals surface area contributed by atoms with E-state index in [2.05, 4.69) is 28.2 Å². The highest BCUT2D eigenvalue weighted by atomic mass is 79.9. The number of hydrogen-bond donors (Lipinski definition) is 1. The van der Waals surface area contributed by atoms with Crippen molar-refractivity contribution in [3.8, 4) is 0 Å². The largest absolute Gasteiger partial charge is 0.316 e. The van der Waals surface area contributed by atoms with Crippen LogP contribution >= 0.6 is 15.9 Å². The molecule has 1 fully saturated rings. The SMILES string of the molecule is CNC(Cc1ccc(F)c(Br)c1)C(C)C1CC1. The molecule has 0 heterocycles. The molecule has 94 valence electrons. The molecular weight excluding hydrogens is 281 g/mol. The standard InChI is InChI=1S/C14H19BrFN/c1-9(11-4-5-11)14(17-2)8-10-3-6-13(16)12(15)7-10/h3,6-7,9,11,14,17H,4-5,8H2,1-2H3. The Morgan fingerprint density at radius 2 is 2.18 bits per heavy atom. The molecule has 1 N–H and O–H groups in total. The molecule has 0 aromatic heterocycles. The van der Waals surface area contributed by atoms with E-state index in [1.54, 1.807) is 0 Å². The molecule has 0 saturated heterocycles. The topological polar surface area (TPSA) is 12.0 Å². The van der Waals surface area contributed by atoms with Crippen molar-refractivity contribution in [3.63, 3.8) is 0 Å². The van der Waals surface area contributed by atoms with Crippen molar-refractivity contribution in [1.29, 1.82) is 0 Å². The van der Waals surface area contributed by atoms with Gasteiger partial charge in [0.1, 0.15) is 5.82 Å². The molecule has 1 nitrogen and oxygen atoms in total. The highest BCUT2D eigenvalue weighted by Gasteiger charge is 2.32. The number of hydrogen-bond acceptors (Lipinski definition) is 1. The highest BCUT2D eigenvalue weighted by molar-refractivity contribution is 9.10. The lowest BCUT2D eigenvalue weighted by Crippen LogP contribution is -2.35. The van der Waals surface area contributed by atoms with E-state index in [0.717, 1.165) is 12.3 Å². The molecule has 2 rings (SSSR count). The van der Waals surface area contributed by atoms with Gasteiger partial charge in [-0.2, -0.15) is 0 Å². The molecule has 17 heavy (non-hydrogen) atoms. The molecule has 1 saturated carbocycles. The molecule has 2 unspecified atom stereocenters. The van der Waals surface area contributed by atoms with Gasteiger partial charge in [0.15, 0.2) is 0 Å². The average Bonchev–Trinajstić information content (AvgIpc) is 3.13. The Kier molecular flexibility index (Phi) is 4.21. The van der Waals surface area contributed by atoms with Crippen LogP contribution in [-0.4, -0.2) is 13.1 Å².